The first-order chi connectivity index (χ1) is 9.54. The van der Waals surface area contributed by atoms with E-state index in [1.807, 2.05) is 38.1 Å². The zero-order chi connectivity index (χ0) is 14.5. The lowest BCUT2D eigenvalue weighted by atomic mass is 10.2. The van der Waals surface area contributed by atoms with Crippen LogP contribution in [0.5, 0.6) is 0 Å². The molecule has 1 amide bonds. The molecule has 0 fully saturated rings. The molecule has 2 aromatic rings. The quantitative estimate of drug-likeness (QED) is 0.890. The molecule has 0 saturated heterocycles. The van der Waals surface area contributed by atoms with Gasteiger partial charge >= 0.3 is 0 Å². The molecule has 1 atom stereocenters. The number of anilines is 2. The van der Waals surface area contributed by atoms with Gasteiger partial charge in [0.15, 0.2) is 0 Å². The Balaban J connectivity index is 1.94. The third-order valence-corrected chi connectivity index (χ3v) is 3.19. The van der Waals surface area contributed by atoms with E-state index in [0.717, 1.165) is 11.4 Å². The molecule has 2 aromatic carbocycles. The second-order valence-electron chi connectivity index (χ2n) is 4.73. The van der Waals surface area contributed by atoms with Crippen molar-refractivity contribution in [3.8, 4) is 0 Å². The Morgan fingerprint density at radius 2 is 1.55 bits per heavy atom. The number of benzene rings is 2. The van der Waals surface area contributed by atoms with Gasteiger partial charge in [0.1, 0.15) is 6.04 Å². The van der Waals surface area contributed by atoms with Crippen molar-refractivity contribution in [2.24, 2.45) is 0 Å². The van der Waals surface area contributed by atoms with Crippen molar-refractivity contribution in [2.45, 2.75) is 19.9 Å². The molecule has 0 radical (unpaired) electrons. The number of hydrogen-bond acceptors (Lipinski definition) is 2. The van der Waals surface area contributed by atoms with Gasteiger partial charge in [-0.2, -0.15) is 0 Å². The molecule has 0 saturated carbocycles. The molecule has 3 nitrogen and oxygen atoms in total. The summed E-state index contributed by atoms with van der Waals surface area (Å²) in [4.78, 5) is 12.1. The maximum absolute atomic E-state index is 12.1. The van der Waals surface area contributed by atoms with E-state index in [1.165, 1.54) is 5.56 Å². The van der Waals surface area contributed by atoms with Gasteiger partial charge in [0.25, 0.3) is 0 Å². The van der Waals surface area contributed by atoms with E-state index < -0.39 is 0 Å². The second kappa shape index (κ2) is 6.44. The Kier molecular flexibility index (Phi) is 4.64. The monoisotopic (exact) mass is 288 g/mol. The van der Waals surface area contributed by atoms with Crippen LogP contribution >= 0.6 is 11.6 Å². The highest BCUT2D eigenvalue weighted by molar-refractivity contribution is 6.30. The fraction of sp³-hybridized carbons (Fsp3) is 0.188. The molecule has 0 aliphatic rings. The van der Waals surface area contributed by atoms with Crippen molar-refractivity contribution < 1.29 is 4.79 Å². The van der Waals surface area contributed by atoms with Gasteiger partial charge in [-0.3, -0.25) is 4.79 Å². The first-order valence-electron chi connectivity index (χ1n) is 6.44. The predicted molar refractivity (Wildman–Crippen MR) is 84.3 cm³/mol. The molecule has 0 aliphatic carbocycles. The highest BCUT2D eigenvalue weighted by Crippen LogP contribution is 2.14. The van der Waals surface area contributed by atoms with Crippen molar-refractivity contribution in [3.05, 3.63) is 59.1 Å². The summed E-state index contributed by atoms with van der Waals surface area (Å²) in [6.07, 6.45) is 0. The Bertz CT molecular complexity index is 578. The molecule has 0 spiro atoms. The van der Waals surface area contributed by atoms with Crippen LogP contribution in [0.2, 0.25) is 5.02 Å². The summed E-state index contributed by atoms with van der Waals surface area (Å²) in [7, 11) is 0. The number of aryl methyl sites for hydroxylation is 1. The van der Waals surface area contributed by atoms with Crippen LogP contribution in [0, 0.1) is 6.92 Å². The summed E-state index contributed by atoms with van der Waals surface area (Å²) in [5.41, 5.74) is 2.85. The van der Waals surface area contributed by atoms with Gasteiger partial charge in [0.05, 0.1) is 0 Å². The molecule has 2 N–H and O–H groups in total. The number of halogens is 1. The Labute approximate surface area is 124 Å². The van der Waals surface area contributed by atoms with Crippen molar-refractivity contribution in [1.82, 2.24) is 0 Å². The first kappa shape index (κ1) is 14.4. The summed E-state index contributed by atoms with van der Waals surface area (Å²) in [6.45, 7) is 3.85. The van der Waals surface area contributed by atoms with Gasteiger partial charge in [0, 0.05) is 16.4 Å². The van der Waals surface area contributed by atoms with E-state index in [0.29, 0.717) is 5.02 Å². The average Bonchev–Trinajstić information content (AvgIpc) is 2.44. The minimum Gasteiger partial charge on any atom is -0.374 e. The van der Waals surface area contributed by atoms with Crippen molar-refractivity contribution in [3.63, 3.8) is 0 Å². The molecular weight excluding hydrogens is 272 g/mol. The molecule has 2 rings (SSSR count). The average molecular weight is 289 g/mol. The van der Waals surface area contributed by atoms with E-state index in [-0.39, 0.29) is 11.9 Å². The van der Waals surface area contributed by atoms with Crippen LogP contribution in [0.1, 0.15) is 12.5 Å². The van der Waals surface area contributed by atoms with E-state index in [4.69, 9.17) is 11.6 Å². The molecule has 0 bridgehead atoms. The van der Waals surface area contributed by atoms with E-state index >= 15 is 0 Å². The summed E-state index contributed by atoms with van der Waals surface area (Å²) >= 11 is 5.81. The topological polar surface area (TPSA) is 41.1 Å². The number of amides is 1. The van der Waals surface area contributed by atoms with Crippen LogP contribution in [-0.4, -0.2) is 11.9 Å². The third-order valence-electron chi connectivity index (χ3n) is 2.94. The van der Waals surface area contributed by atoms with Crippen LogP contribution < -0.4 is 10.6 Å². The van der Waals surface area contributed by atoms with Crippen LogP contribution in [0.15, 0.2) is 48.5 Å². The van der Waals surface area contributed by atoms with Gasteiger partial charge in [-0.05, 0) is 50.2 Å². The lowest BCUT2D eigenvalue weighted by Gasteiger charge is -2.15. The molecular formula is C16H17ClN2O. The van der Waals surface area contributed by atoms with E-state index in [9.17, 15) is 4.79 Å². The number of carbonyl (C=O) groups is 1. The minimum atomic E-state index is -0.326. The SMILES string of the molecule is Cc1ccc(N[C@H](C)C(=O)Nc2ccc(Cl)cc2)cc1. The van der Waals surface area contributed by atoms with Crippen molar-refractivity contribution >= 4 is 28.9 Å². The Hall–Kier alpha value is -2.00. The van der Waals surface area contributed by atoms with E-state index in [2.05, 4.69) is 10.6 Å². The van der Waals surface area contributed by atoms with Gasteiger partial charge < -0.3 is 10.6 Å². The van der Waals surface area contributed by atoms with Crippen molar-refractivity contribution in [2.75, 3.05) is 10.6 Å². The van der Waals surface area contributed by atoms with Gasteiger partial charge in [-0.1, -0.05) is 29.3 Å². The lowest BCUT2D eigenvalue weighted by molar-refractivity contribution is -0.116. The molecule has 0 unspecified atom stereocenters. The largest absolute Gasteiger partial charge is 0.374 e. The number of carbonyl (C=O) groups excluding carboxylic acids is 1. The van der Waals surface area contributed by atoms with Crippen LogP contribution in [0.4, 0.5) is 11.4 Å². The lowest BCUT2D eigenvalue weighted by Crippen LogP contribution is -2.31. The fourth-order valence-corrected chi connectivity index (χ4v) is 1.88. The highest BCUT2D eigenvalue weighted by Gasteiger charge is 2.12. The Morgan fingerprint density at radius 3 is 2.15 bits per heavy atom. The maximum atomic E-state index is 12.1. The van der Waals surface area contributed by atoms with Crippen LogP contribution in [0.25, 0.3) is 0 Å². The number of nitrogens with one attached hydrogen (secondary N) is 2. The van der Waals surface area contributed by atoms with Gasteiger partial charge in [-0.25, -0.2) is 0 Å². The summed E-state index contributed by atoms with van der Waals surface area (Å²) in [6, 6.07) is 14.6. The molecule has 4 heteroatoms. The summed E-state index contributed by atoms with van der Waals surface area (Å²) in [5, 5.41) is 6.65. The normalized spacial score (nSPS) is 11.8. The molecule has 20 heavy (non-hydrogen) atoms. The fourth-order valence-electron chi connectivity index (χ4n) is 1.75. The predicted octanol–water partition coefficient (Wildman–Crippen LogP) is 4.09. The summed E-state index contributed by atoms with van der Waals surface area (Å²) in [5.74, 6) is -0.0899. The zero-order valence-electron chi connectivity index (χ0n) is 11.5. The van der Waals surface area contributed by atoms with Gasteiger partial charge in [-0.15, -0.1) is 0 Å². The number of hydrogen-bond donors (Lipinski definition) is 2. The molecule has 0 aliphatic heterocycles. The standard InChI is InChI=1S/C16H17ClN2O/c1-11-3-7-14(8-4-11)18-12(2)16(20)19-15-9-5-13(17)6-10-15/h3-10,12,18H,1-2H3,(H,19,20)/t12-/m1/s1. The number of rotatable bonds is 4. The Morgan fingerprint density at radius 1 is 1.00 bits per heavy atom. The third kappa shape index (κ3) is 4.00. The zero-order valence-corrected chi connectivity index (χ0v) is 12.2. The molecule has 0 heterocycles. The van der Waals surface area contributed by atoms with Gasteiger partial charge in [0.2, 0.25) is 5.91 Å². The smallest absolute Gasteiger partial charge is 0.246 e. The van der Waals surface area contributed by atoms with Crippen LogP contribution in [0.3, 0.4) is 0 Å². The highest BCUT2D eigenvalue weighted by atomic mass is 35.5. The van der Waals surface area contributed by atoms with E-state index in [1.54, 1.807) is 24.3 Å². The first-order valence-corrected chi connectivity index (χ1v) is 6.82. The minimum absolute atomic E-state index is 0.0899. The summed E-state index contributed by atoms with van der Waals surface area (Å²) < 4.78 is 0. The molecule has 0 aromatic heterocycles. The molecule has 104 valence electrons. The van der Waals surface area contributed by atoms with Crippen LogP contribution in [-0.2, 0) is 4.79 Å². The maximum Gasteiger partial charge on any atom is 0.246 e. The second-order valence-corrected chi connectivity index (χ2v) is 5.16. The van der Waals surface area contributed by atoms with Crippen molar-refractivity contribution in [1.29, 1.82) is 0 Å².